The average Bonchev–Trinajstić information content (AvgIpc) is 3.16. The van der Waals surface area contributed by atoms with E-state index in [1.807, 2.05) is 25.1 Å². The Morgan fingerprint density at radius 2 is 2.00 bits per heavy atom. The average molecular weight is 261 g/mol. The van der Waals surface area contributed by atoms with Gasteiger partial charge in [-0.2, -0.15) is 0 Å². The second-order valence-electron chi connectivity index (χ2n) is 5.02. The third kappa shape index (κ3) is 3.56. The number of aliphatic carboxylic acids is 1. The third-order valence-corrected chi connectivity index (χ3v) is 3.65. The molecule has 1 amide bonds. The van der Waals surface area contributed by atoms with Gasteiger partial charge in [-0.1, -0.05) is 30.3 Å². The van der Waals surface area contributed by atoms with Crippen LogP contribution in [0.4, 0.5) is 0 Å². The molecule has 0 saturated heterocycles. The van der Waals surface area contributed by atoms with Gasteiger partial charge < -0.3 is 10.0 Å². The molecule has 4 nitrogen and oxygen atoms in total. The van der Waals surface area contributed by atoms with Crippen LogP contribution in [0, 0.1) is 5.92 Å². The number of carbonyl (C=O) groups excluding carboxylic acids is 1. The molecular weight excluding hydrogens is 242 g/mol. The second-order valence-corrected chi connectivity index (χ2v) is 5.02. The van der Waals surface area contributed by atoms with Gasteiger partial charge in [-0.15, -0.1) is 0 Å². The minimum absolute atomic E-state index is 0.0478. The molecule has 0 radical (unpaired) electrons. The Morgan fingerprint density at radius 3 is 2.58 bits per heavy atom. The number of likely N-dealkylation sites (N-methyl/N-ethyl adjacent to an activating group) is 1. The predicted molar refractivity (Wildman–Crippen MR) is 71.8 cm³/mol. The summed E-state index contributed by atoms with van der Waals surface area (Å²) < 4.78 is 0. The number of amides is 1. The van der Waals surface area contributed by atoms with Gasteiger partial charge in [0.05, 0.1) is 0 Å². The van der Waals surface area contributed by atoms with E-state index in [9.17, 15) is 9.59 Å². The number of rotatable bonds is 6. The normalized spacial score (nSPS) is 20.9. The molecule has 0 unspecified atom stereocenters. The van der Waals surface area contributed by atoms with E-state index in [1.54, 1.807) is 0 Å². The summed E-state index contributed by atoms with van der Waals surface area (Å²) in [6.45, 7) is 2.06. The van der Waals surface area contributed by atoms with Crippen LogP contribution in [0.3, 0.4) is 0 Å². The first-order valence-electron chi connectivity index (χ1n) is 6.66. The Kier molecular flexibility index (Phi) is 4.20. The Balaban J connectivity index is 1.86. The van der Waals surface area contributed by atoms with Crippen LogP contribution in [-0.2, 0) is 9.59 Å². The fraction of sp³-hybridized carbons (Fsp3) is 0.467. The SMILES string of the molecule is CCN(CC(=O)O)C(=O)C[C@@H]1C[C@H]1c1ccccc1. The molecule has 1 aliphatic carbocycles. The second kappa shape index (κ2) is 5.87. The molecule has 102 valence electrons. The number of nitrogens with zero attached hydrogens (tertiary/aromatic N) is 1. The van der Waals surface area contributed by atoms with Crippen LogP contribution in [0.5, 0.6) is 0 Å². The van der Waals surface area contributed by atoms with E-state index in [0.29, 0.717) is 24.8 Å². The molecule has 0 bridgehead atoms. The quantitative estimate of drug-likeness (QED) is 0.853. The van der Waals surface area contributed by atoms with Crippen molar-refractivity contribution in [1.82, 2.24) is 4.90 Å². The number of benzene rings is 1. The first kappa shape index (κ1) is 13.6. The van der Waals surface area contributed by atoms with Gasteiger partial charge in [-0.05, 0) is 30.7 Å². The molecular formula is C15H19NO3. The number of hydrogen-bond donors (Lipinski definition) is 1. The van der Waals surface area contributed by atoms with Crippen molar-refractivity contribution in [2.45, 2.75) is 25.7 Å². The summed E-state index contributed by atoms with van der Waals surface area (Å²) in [7, 11) is 0. The zero-order chi connectivity index (χ0) is 13.8. The Morgan fingerprint density at radius 1 is 1.32 bits per heavy atom. The zero-order valence-corrected chi connectivity index (χ0v) is 11.1. The van der Waals surface area contributed by atoms with E-state index in [0.717, 1.165) is 6.42 Å². The van der Waals surface area contributed by atoms with Gasteiger partial charge in [0.1, 0.15) is 6.54 Å². The van der Waals surface area contributed by atoms with E-state index < -0.39 is 5.97 Å². The lowest BCUT2D eigenvalue weighted by Gasteiger charge is -2.18. The molecule has 1 aromatic rings. The maximum Gasteiger partial charge on any atom is 0.323 e. The van der Waals surface area contributed by atoms with Crippen LogP contribution in [0.15, 0.2) is 30.3 Å². The Labute approximate surface area is 113 Å². The molecule has 0 aliphatic heterocycles. The highest BCUT2D eigenvalue weighted by Gasteiger charge is 2.40. The van der Waals surface area contributed by atoms with Gasteiger partial charge in [0.15, 0.2) is 0 Å². The number of carboxylic acid groups (broad SMARTS) is 1. The van der Waals surface area contributed by atoms with Crippen molar-refractivity contribution in [2.75, 3.05) is 13.1 Å². The van der Waals surface area contributed by atoms with E-state index in [-0.39, 0.29) is 12.5 Å². The first-order chi connectivity index (χ1) is 9.11. The van der Waals surface area contributed by atoms with Crippen molar-refractivity contribution in [3.05, 3.63) is 35.9 Å². The van der Waals surface area contributed by atoms with Crippen LogP contribution < -0.4 is 0 Å². The van der Waals surface area contributed by atoms with Crippen LogP contribution in [-0.4, -0.2) is 35.0 Å². The molecule has 1 N–H and O–H groups in total. The lowest BCUT2D eigenvalue weighted by molar-refractivity contribution is -0.144. The van der Waals surface area contributed by atoms with Gasteiger partial charge in [0, 0.05) is 13.0 Å². The topological polar surface area (TPSA) is 57.6 Å². The summed E-state index contributed by atoms with van der Waals surface area (Å²) in [5.74, 6) is -0.162. The minimum atomic E-state index is -0.953. The summed E-state index contributed by atoms with van der Waals surface area (Å²) in [4.78, 5) is 24.1. The standard InChI is InChI=1S/C15H19NO3/c1-2-16(10-15(18)19)14(17)9-12-8-13(12)11-6-4-3-5-7-11/h3-7,12-13H,2,8-10H2,1H3,(H,18,19)/t12-,13-/m0/s1. The monoisotopic (exact) mass is 261 g/mol. The highest BCUT2D eigenvalue weighted by molar-refractivity contribution is 5.81. The van der Waals surface area contributed by atoms with Gasteiger partial charge in [0.2, 0.25) is 5.91 Å². The summed E-state index contributed by atoms with van der Waals surface area (Å²) in [5.41, 5.74) is 1.28. The lowest BCUT2D eigenvalue weighted by atomic mass is 10.1. The fourth-order valence-corrected chi connectivity index (χ4v) is 2.47. The van der Waals surface area contributed by atoms with Crippen LogP contribution in [0.25, 0.3) is 0 Å². The van der Waals surface area contributed by atoms with Crippen molar-refractivity contribution in [3.63, 3.8) is 0 Å². The van der Waals surface area contributed by atoms with Crippen molar-refractivity contribution in [3.8, 4) is 0 Å². The minimum Gasteiger partial charge on any atom is -0.480 e. The smallest absolute Gasteiger partial charge is 0.323 e. The van der Waals surface area contributed by atoms with E-state index in [2.05, 4.69) is 12.1 Å². The third-order valence-electron chi connectivity index (χ3n) is 3.65. The van der Waals surface area contributed by atoms with E-state index in [4.69, 9.17) is 5.11 Å². The maximum atomic E-state index is 12.0. The Bertz CT molecular complexity index is 458. The molecule has 0 spiro atoms. The Hall–Kier alpha value is -1.84. The number of hydrogen-bond acceptors (Lipinski definition) is 2. The van der Waals surface area contributed by atoms with Gasteiger partial charge >= 0.3 is 5.97 Å². The van der Waals surface area contributed by atoms with Gasteiger partial charge in [-0.25, -0.2) is 0 Å². The zero-order valence-electron chi connectivity index (χ0n) is 11.1. The molecule has 1 aromatic carbocycles. The molecule has 0 heterocycles. The summed E-state index contributed by atoms with van der Waals surface area (Å²) in [6.07, 6.45) is 1.49. The van der Waals surface area contributed by atoms with Crippen molar-refractivity contribution >= 4 is 11.9 Å². The molecule has 2 atom stereocenters. The highest BCUT2D eigenvalue weighted by atomic mass is 16.4. The predicted octanol–water partition coefficient (Wildman–Crippen LogP) is 2.11. The van der Waals surface area contributed by atoms with Crippen LogP contribution in [0.1, 0.15) is 31.2 Å². The fourth-order valence-electron chi connectivity index (χ4n) is 2.47. The molecule has 2 rings (SSSR count). The van der Waals surface area contributed by atoms with Crippen LogP contribution >= 0.6 is 0 Å². The molecule has 1 aliphatic rings. The number of carboxylic acids is 1. The molecule has 4 heteroatoms. The lowest BCUT2D eigenvalue weighted by Crippen LogP contribution is -2.35. The van der Waals surface area contributed by atoms with Gasteiger partial charge in [0.25, 0.3) is 0 Å². The van der Waals surface area contributed by atoms with E-state index >= 15 is 0 Å². The number of carbonyl (C=O) groups is 2. The van der Waals surface area contributed by atoms with Crippen molar-refractivity contribution in [2.24, 2.45) is 5.92 Å². The molecule has 0 aromatic heterocycles. The van der Waals surface area contributed by atoms with Crippen molar-refractivity contribution in [1.29, 1.82) is 0 Å². The molecule has 19 heavy (non-hydrogen) atoms. The molecule has 1 saturated carbocycles. The van der Waals surface area contributed by atoms with Crippen LogP contribution in [0.2, 0.25) is 0 Å². The first-order valence-corrected chi connectivity index (χ1v) is 6.66. The largest absolute Gasteiger partial charge is 0.480 e. The molecule has 1 fully saturated rings. The summed E-state index contributed by atoms with van der Waals surface area (Å²) in [6, 6.07) is 10.2. The summed E-state index contributed by atoms with van der Waals surface area (Å²) >= 11 is 0. The van der Waals surface area contributed by atoms with Crippen molar-refractivity contribution < 1.29 is 14.7 Å². The van der Waals surface area contributed by atoms with Gasteiger partial charge in [-0.3, -0.25) is 9.59 Å². The maximum absolute atomic E-state index is 12.0. The van der Waals surface area contributed by atoms with E-state index in [1.165, 1.54) is 10.5 Å². The summed E-state index contributed by atoms with van der Waals surface area (Å²) in [5, 5.41) is 8.75. The highest BCUT2D eigenvalue weighted by Crippen LogP contribution is 2.49.